The topological polar surface area (TPSA) is 133 Å². The van der Waals surface area contributed by atoms with Gasteiger partial charge in [0.15, 0.2) is 5.82 Å². The first-order valence-electron chi connectivity index (χ1n) is 8.09. The Morgan fingerprint density at radius 1 is 1.23 bits per heavy atom. The van der Waals surface area contributed by atoms with Crippen LogP contribution in [-0.2, 0) is 11.2 Å². The summed E-state index contributed by atoms with van der Waals surface area (Å²) in [5.74, 6) is 1.20. The Morgan fingerprint density at radius 3 is 2.65 bits per heavy atom. The van der Waals surface area contributed by atoms with Gasteiger partial charge in [0.1, 0.15) is 5.82 Å². The van der Waals surface area contributed by atoms with E-state index >= 15 is 0 Å². The first-order chi connectivity index (χ1) is 12.6. The summed E-state index contributed by atoms with van der Waals surface area (Å²) in [6, 6.07) is 1.72. The van der Waals surface area contributed by atoms with Crippen molar-refractivity contribution in [2.45, 2.75) is 6.42 Å². The Balaban J connectivity index is 1.77. The summed E-state index contributed by atoms with van der Waals surface area (Å²) in [4.78, 5) is 31.6. The third-order valence-corrected chi connectivity index (χ3v) is 5.18. The molecule has 1 saturated heterocycles. The number of fused-ring (bicyclic) bond motifs is 1. The zero-order valence-electron chi connectivity index (χ0n) is 13.9. The second kappa shape index (κ2) is 6.81. The maximum atomic E-state index is 11.6. The van der Waals surface area contributed by atoms with Crippen molar-refractivity contribution in [2.24, 2.45) is 5.73 Å². The van der Waals surface area contributed by atoms with Gasteiger partial charge in [0.25, 0.3) is 5.91 Å². The van der Waals surface area contributed by atoms with E-state index < -0.39 is 5.91 Å². The van der Waals surface area contributed by atoms with Crippen LogP contribution in [0, 0.1) is 0 Å². The summed E-state index contributed by atoms with van der Waals surface area (Å²) in [6.07, 6.45) is 3.79. The Hall–Kier alpha value is -2.85. The standard InChI is InChI=1S/C16H17N7O2S/c17-14(24)11-6-10-13(26-11)15(23-1-3-25-4-2-23)22-12(21-10)5-9-7-19-16(18)20-8-9/h6-8H,1-5H2,(H2,17,24)(H2,18,19,20). The minimum absolute atomic E-state index is 0.225. The van der Waals surface area contributed by atoms with Crippen molar-refractivity contribution in [1.29, 1.82) is 0 Å². The fourth-order valence-electron chi connectivity index (χ4n) is 2.79. The molecule has 0 bridgehead atoms. The van der Waals surface area contributed by atoms with Crippen molar-refractivity contribution in [3.63, 3.8) is 0 Å². The molecular formula is C16H17N7O2S. The molecule has 4 heterocycles. The number of morpholine rings is 1. The van der Waals surface area contributed by atoms with E-state index in [1.54, 1.807) is 18.5 Å². The average Bonchev–Trinajstić information content (AvgIpc) is 3.08. The molecule has 0 aliphatic carbocycles. The van der Waals surface area contributed by atoms with Gasteiger partial charge >= 0.3 is 0 Å². The first-order valence-corrected chi connectivity index (χ1v) is 8.91. The van der Waals surface area contributed by atoms with E-state index in [4.69, 9.17) is 21.2 Å². The molecule has 0 radical (unpaired) electrons. The number of ether oxygens (including phenoxy) is 1. The van der Waals surface area contributed by atoms with Crippen LogP contribution in [0.15, 0.2) is 18.5 Å². The number of rotatable bonds is 4. The molecule has 26 heavy (non-hydrogen) atoms. The summed E-state index contributed by atoms with van der Waals surface area (Å²) < 4.78 is 6.29. The average molecular weight is 371 g/mol. The highest BCUT2D eigenvalue weighted by Gasteiger charge is 2.20. The number of hydrogen-bond acceptors (Lipinski definition) is 9. The summed E-state index contributed by atoms with van der Waals surface area (Å²) >= 11 is 1.32. The Bertz CT molecular complexity index is 951. The second-order valence-corrected chi connectivity index (χ2v) is 6.93. The predicted octanol–water partition coefficient (Wildman–Crippen LogP) is 0.590. The molecule has 3 aromatic rings. The minimum Gasteiger partial charge on any atom is -0.378 e. The molecule has 1 amide bonds. The van der Waals surface area contributed by atoms with Gasteiger partial charge in [-0.15, -0.1) is 11.3 Å². The third-order valence-electron chi connectivity index (χ3n) is 4.04. The van der Waals surface area contributed by atoms with Crippen LogP contribution in [0.3, 0.4) is 0 Å². The van der Waals surface area contributed by atoms with Gasteiger partial charge in [0.2, 0.25) is 5.95 Å². The van der Waals surface area contributed by atoms with Crippen LogP contribution in [0.25, 0.3) is 10.2 Å². The fourth-order valence-corrected chi connectivity index (χ4v) is 3.76. The number of thiophene rings is 1. The molecule has 10 heteroatoms. The lowest BCUT2D eigenvalue weighted by Gasteiger charge is -2.28. The minimum atomic E-state index is -0.464. The number of carbonyl (C=O) groups is 1. The molecule has 0 atom stereocenters. The van der Waals surface area contributed by atoms with Crippen molar-refractivity contribution in [2.75, 3.05) is 36.9 Å². The molecule has 1 fully saturated rings. The van der Waals surface area contributed by atoms with Gasteiger partial charge in [-0.25, -0.2) is 19.9 Å². The SMILES string of the molecule is NC(=O)c1cc2nc(Cc3cnc(N)nc3)nc(N3CCOCC3)c2s1. The normalized spacial score (nSPS) is 14.7. The maximum Gasteiger partial charge on any atom is 0.258 e. The number of aromatic nitrogens is 4. The van der Waals surface area contributed by atoms with Gasteiger partial charge in [-0.1, -0.05) is 0 Å². The van der Waals surface area contributed by atoms with Crippen molar-refractivity contribution < 1.29 is 9.53 Å². The molecular weight excluding hydrogens is 354 g/mol. The number of nitrogen functional groups attached to an aromatic ring is 1. The molecule has 134 valence electrons. The van der Waals surface area contributed by atoms with Gasteiger partial charge in [0, 0.05) is 31.9 Å². The smallest absolute Gasteiger partial charge is 0.258 e. The number of amides is 1. The Kier molecular flexibility index (Phi) is 4.35. The van der Waals surface area contributed by atoms with Crippen LogP contribution in [0.4, 0.5) is 11.8 Å². The van der Waals surface area contributed by atoms with E-state index in [1.807, 2.05) is 0 Å². The van der Waals surface area contributed by atoms with Gasteiger partial charge in [-0.05, 0) is 11.6 Å². The molecule has 0 aromatic carbocycles. The van der Waals surface area contributed by atoms with Crippen LogP contribution < -0.4 is 16.4 Å². The zero-order chi connectivity index (χ0) is 18.1. The Morgan fingerprint density at radius 2 is 1.96 bits per heavy atom. The lowest BCUT2D eigenvalue weighted by molar-refractivity contribution is 0.100. The first kappa shape index (κ1) is 16.6. The van der Waals surface area contributed by atoms with Gasteiger partial charge in [-0.2, -0.15) is 0 Å². The van der Waals surface area contributed by atoms with E-state index in [1.165, 1.54) is 11.3 Å². The van der Waals surface area contributed by atoms with Crippen LogP contribution in [0.5, 0.6) is 0 Å². The van der Waals surface area contributed by atoms with Crippen LogP contribution >= 0.6 is 11.3 Å². The maximum absolute atomic E-state index is 11.6. The van der Waals surface area contributed by atoms with E-state index in [0.29, 0.717) is 35.9 Å². The monoisotopic (exact) mass is 371 g/mol. The highest BCUT2D eigenvalue weighted by Crippen LogP contribution is 2.32. The third kappa shape index (κ3) is 3.28. The highest BCUT2D eigenvalue weighted by atomic mass is 32.1. The van der Waals surface area contributed by atoms with Gasteiger partial charge in [0.05, 0.1) is 28.3 Å². The van der Waals surface area contributed by atoms with Crippen LogP contribution in [0.1, 0.15) is 21.1 Å². The van der Waals surface area contributed by atoms with E-state index in [2.05, 4.69) is 19.9 Å². The predicted molar refractivity (Wildman–Crippen MR) is 98.2 cm³/mol. The second-order valence-electron chi connectivity index (χ2n) is 5.88. The molecule has 4 rings (SSSR count). The summed E-state index contributed by atoms with van der Waals surface area (Å²) in [7, 11) is 0. The van der Waals surface area contributed by atoms with Crippen LogP contribution in [0.2, 0.25) is 0 Å². The Labute approximate surface area is 153 Å². The summed E-state index contributed by atoms with van der Waals surface area (Å²) in [5.41, 5.74) is 12.5. The zero-order valence-corrected chi connectivity index (χ0v) is 14.7. The molecule has 0 unspecified atom stereocenters. The molecule has 1 aliphatic rings. The van der Waals surface area contributed by atoms with Crippen LogP contribution in [-0.4, -0.2) is 52.1 Å². The highest BCUT2D eigenvalue weighted by molar-refractivity contribution is 7.21. The number of anilines is 2. The summed E-state index contributed by atoms with van der Waals surface area (Å²) in [5, 5.41) is 0. The van der Waals surface area contributed by atoms with Gasteiger partial charge in [-0.3, -0.25) is 4.79 Å². The number of primary amides is 1. The molecule has 4 N–H and O–H groups in total. The quantitative estimate of drug-likeness (QED) is 0.681. The van der Waals surface area contributed by atoms with Crippen molar-refractivity contribution >= 4 is 39.2 Å². The van der Waals surface area contributed by atoms with E-state index in [0.717, 1.165) is 29.2 Å². The number of nitrogens with two attached hydrogens (primary N) is 2. The number of carbonyl (C=O) groups excluding carboxylic acids is 1. The molecule has 9 nitrogen and oxygen atoms in total. The largest absolute Gasteiger partial charge is 0.378 e. The molecule has 3 aromatic heterocycles. The summed E-state index contributed by atoms with van der Waals surface area (Å²) in [6.45, 7) is 2.75. The molecule has 0 spiro atoms. The number of nitrogens with zero attached hydrogens (tertiary/aromatic N) is 5. The number of hydrogen-bond donors (Lipinski definition) is 2. The lowest BCUT2D eigenvalue weighted by atomic mass is 10.2. The van der Waals surface area contributed by atoms with E-state index in [9.17, 15) is 4.79 Å². The molecule has 0 saturated carbocycles. The van der Waals surface area contributed by atoms with Crippen molar-refractivity contribution in [1.82, 2.24) is 19.9 Å². The van der Waals surface area contributed by atoms with E-state index in [-0.39, 0.29) is 5.95 Å². The van der Waals surface area contributed by atoms with Crippen molar-refractivity contribution in [3.05, 3.63) is 34.7 Å². The fraction of sp³-hybridized carbons (Fsp3) is 0.312. The van der Waals surface area contributed by atoms with Gasteiger partial charge < -0.3 is 21.1 Å². The lowest BCUT2D eigenvalue weighted by Crippen LogP contribution is -2.37. The van der Waals surface area contributed by atoms with Crippen molar-refractivity contribution in [3.8, 4) is 0 Å². The molecule has 1 aliphatic heterocycles.